The van der Waals surface area contributed by atoms with Crippen molar-refractivity contribution in [2.45, 2.75) is 27.7 Å². The SMILES string of the molecule is CCN(CC)C(=O)c1ccc(NC(=O)CNc2cc(C)ccc2C)cc1. The van der Waals surface area contributed by atoms with Gasteiger partial charge in [0.25, 0.3) is 5.91 Å². The number of aryl methyl sites for hydroxylation is 2. The largest absolute Gasteiger partial charge is 0.376 e. The molecule has 2 amide bonds. The number of anilines is 2. The molecule has 0 heterocycles. The molecule has 2 N–H and O–H groups in total. The van der Waals surface area contributed by atoms with Gasteiger partial charge in [0.15, 0.2) is 0 Å². The maximum absolute atomic E-state index is 12.3. The first-order chi connectivity index (χ1) is 12.4. The van der Waals surface area contributed by atoms with Gasteiger partial charge in [-0.3, -0.25) is 9.59 Å². The van der Waals surface area contributed by atoms with Gasteiger partial charge in [0.05, 0.1) is 6.54 Å². The summed E-state index contributed by atoms with van der Waals surface area (Å²) < 4.78 is 0. The molecule has 0 spiro atoms. The second kappa shape index (κ2) is 9.04. The van der Waals surface area contributed by atoms with E-state index in [-0.39, 0.29) is 18.4 Å². The van der Waals surface area contributed by atoms with E-state index in [9.17, 15) is 9.59 Å². The fourth-order valence-electron chi connectivity index (χ4n) is 2.70. The molecule has 0 saturated heterocycles. The predicted octanol–water partition coefficient (Wildman–Crippen LogP) is 3.84. The smallest absolute Gasteiger partial charge is 0.253 e. The van der Waals surface area contributed by atoms with Crippen molar-refractivity contribution in [3.63, 3.8) is 0 Å². The zero-order chi connectivity index (χ0) is 19.1. The van der Waals surface area contributed by atoms with E-state index in [1.54, 1.807) is 29.2 Å². The van der Waals surface area contributed by atoms with Gasteiger partial charge in [0.1, 0.15) is 0 Å². The number of benzene rings is 2. The highest BCUT2D eigenvalue weighted by Gasteiger charge is 2.12. The molecule has 0 aliphatic rings. The van der Waals surface area contributed by atoms with Crippen molar-refractivity contribution < 1.29 is 9.59 Å². The van der Waals surface area contributed by atoms with Gasteiger partial charge in [-0.05, 0) is 69.2 Å². The number of rotatable bonds is 7. The Kier molecular flexibility index (Phi) is 6.78. The fraction of sp³-hybridized carbons (Fsp3) is 0.333. The number of hydrogen-bond donors (Lipinski definition) is 2. The molecule has 0 unspecified atom stereocenters. The summed E-state index contributed by atoms with van der Waals surface area (Å²) in [7, 11) is 0. The van der Waals surface area contributed by atoms with Gasteiger partial charge in [-0.1, -0.05) is 12.1 Å². The van der Waals surface area contributed by atoms with Crippen LogP contribution in [-0.2, 0) is 4.79 Å². The van der Waals surface area contributed by atoms with Crippen LogP contribution in [0.3, 0.4) is 0 Å². The number of carbonyl (C=O) groups is 2. The normalized spacial score (nSPS) is 10.3. The molecule has 0 fully saturated rings. The monoisotopic (exact) mass is 353 g/mol. The van der Waals surface area contributed by atoms with E-state index in [0.29, 0.717) is 24.3 Å². The molecule has 0 atom stereocenters. The zero-order valence-electron chi connectivity index (χ0n) is 15.9. The highest BCUT2D eigenvalue weighted by atomic mass is 16.2. The summed E-state index contributed by atoms with van der Waals surface area (Å²) in [6, 6.07) is 13.1. The first kappa shape index (κ1) is 19.5. The van der Waals surface area contributed by atoms with Crippen molar-refractivity contribution in [2.24, 2.45) is 0 Å². The van der Waals surface area contributed by atoms with Crippen molar-refractivity contribution in [1.29, 1.82) is 0 Å². The van der Waals surface area contributed by atoms with Crippen molar-refractivity contribution in [3.8, 4) is 0 Å². The number of carbonyl (C=O) groups excluding carboxylic acids is 2. The molecule has 2 aromatic carbocycles. The minimum absolute atomic E-state index is 0.00414. The fourth-order valence-corrected chi connectivity index (χ4v) is 2.70. The highest BCUT2D eigenvalue weighted by Crippen LogP contribution is 2.16. The molecule has 2 aromatic rings. The van der Waals surface area contributed by atoms with Gasteiger partial charge in [0, 0.05) is 30.0 Å². The summed E-state index contributed by atoms with van der Waals surface area (Å²) in [5.41, 5.74) is 4.50. The van der Waals surface area contributed by atoms with E-state index in [2.05, 4.69) is 10.6 Å². The summed E-state index contributed by atoms with van der Waals surface area (Å²) in [6.07, 6.45) is 0. The molecule has 5 nitrogen and oxygen atoms in total. The first-order valence-corrected chi connectivity index (χ1v) is 8.95. The minimum Gasteiger partial charge on any atom is -0.376 e. The van der Waals surface area contributed by atoms with Gasteiger partial charge in [-0.2, -0.15) is 0 Å². The van der Waals surface area contributed by atoms with Crippen LogP contribution >= 0.6 is 0 Å². The summed E-state index contributed by atoms with van der Waals surface area (Å²) in [5, 5.41) is 6.00. The Morgan fingerprint density at radius 1 is 0.962 bits per heavy atom. The van der Waals surface area contributed by atoms with E-state index >= 15 is 0 Å². The Bertz CT molecular complexity index is 765. The quantitative estimate of drug-likeness (QED) is 0.795. The molecule has 0 radical (unpaired) electrons. The molecular weight excluding hydrogens is 326 g/mol. The van der Waals surface area contributed by atoms with Gasteiger partial charge < -0.3 is 15.5 Å². The van der Waals surface area contributed by atoms with E-state index in [1.807, 2.05) is 45.9 Å². The molecular formula is C21H27N3O2. The van der Waals surface area contributed by atoms with Gasteiger partial charge in [0.2, 0.25) is 5.91 Å². The molecule has 0 aliphatic carbocycles. The number of amides is 2. The average Bonchev–Trinajstić information content (AvgIpc) is 2.64. The second-order valence-electron chi connectivity index (χ2n) is 6.27. The van der Waals surface area contributed by atoms with Crippen LogP contribution in [0, 0.1) is 13.8 Å². The van der Waals surface area contributed by atoms with Crippen LogP contribution in [0.2, 0.25) is 0 Å². The Morgan fingerprint density at radius 3 is 2.23 bits per heavy atom. The Morgan fingerprint density at radius 2 is 1.62 bits per heavy atom. The minimum atomic E-state index is -0.131. The summed E-state index contributed by atoms with van der Waals surface area (Å²) >= 11 is 0. The lowest BCUT2D eigenvalue weighted by molar-refractivity contribution is -0.114. The first-order valence-electron chi connectivity index (χ1n) is 8.95. The molecule has 2 rings (SSSR count). The van der Waals surface area contributed by atoms with Gasteiger partial charge in [-0.25, -0.2) is 0 Å². The second-order valence-corrected chi connectivity index (χ2v) is 6.27. The molecule has 0 bridgehead atoms. The van der Waals surface area contributed by atoms with Crippen LogP contribution in [0.25, 0.3) is 0 Å². The van der Waals surface area contributed by atoms with Crippen LogP contribution in [0.1, 0.15) is 35.3 Å². The Balaban J connectivity index is 1.93. The van der Waals surface area contributed by atoms with Gasteiger partial charge >= 0.3 is 0 Å². The molecule has 26 heavy (non-hydrogen) atoms. The highest BCUT2D eigenvalue weighted by molar-refractivity contribution is 5.96. The standard InChI is InChI=1S/C21H27N3O2/c1-5-24(6-2)21(26)17-9-11-18(12-10-17)23-20(25)14-22-19-13-15(3)7-8-16(19)4/h7-13,22H,5-6,14H2,1-4H3,(H,23,25). The van der Waals surface area contributed by atoms with Crippen LogP contribution in [0.15, 0.2) is 42.5 Å². The summed E-state index contributed by atoms with van der Waals surface area (Å²) in [5.74, 6) is -0.127. The lowest BCUT2D eigenvalue weighted by Crippen LogP contribution is -2.30. The molecule has 0 aliphatic heterocycles. The predicted molar refractivity (Wildman–Crippen MR) is 107 cm³/mol. The topological polar surface area (TPSA) is 61.4 Å². The van der Waals surface area contributed by atoms with Crippen molar-refractivity contribution >= 4 is 23.2 Å². The zero-order valence-corrected chi connectivity index (χ0v) is 15.9. The lowest BCUT2D eigenvalue weighted by Gasteiger charge is -2.18. The number of nitrogens with one attached hydrogen (secondary N) is 2. The molecule has 0 aromatic heterocycles. The van der Waals surface area contributed by atoms with Crippen LogP contribution < -0.4 is 10.6 Å². The van der Waals surface area contributed by atoms with E-state index in [0.717, 1.165) is 16.8 Å². The number of nitrogens with zero attached hydrogens (tertiary/aromatic N) is 1. The Labute approximate surface area is 155 Å². The van der Waals surface area contributed by atoms with Crippen molar-refractivity contribution in [3.05, 3.63) is 59.2 Å². The maximum Gasteiger partial charge on any atom is 0.253 e. The average molecular weight is 353 g/mol. The van der Waals surface area contributed by atoms with Crippen LogP contribution in [0.5, 0.6) is 0 Å². The third kappa shape index (κ3) is 5.09. The summed E-state index contributed by atoms with van der Waals surface area (Å²) in [4.78, 5) is 26.2. The molecule has 138 valence electrons. The number of hydrogen-bond acceptors (Lipinski definition) is 3. The van der Waals surface area contributed by atoms with Crippen molar-refractivity contribution in [1.82, 2.24) is 4.90 Å². The third-order valence-electron chi connectivity index (χ3n) is 4.30. The lowest BCUT2D eigenvalue weighted by atomic mass is 10.1. The maximum atomic E-state index is 12.3. The molecule has 0 saturated carbocycles. The van der Waals surface area contributed by atoms with E-state index in [4.69, 9.17) is 0 Å². The Hall–Kier alpha value is -2.82. The van der Waals surface area contributed by atoms with Crippen LogP contribution in [-0.4, -0.2) is 36.3 Å². The third-order valence-corrected chi connectivity index (χ3v) is 4.30. The van der Waals surface area contributed by atoms with Gasteiger partial charge in [-0.15, -0.1) is 0 Å². The van der Waals surface area contributed by atoms with E-state index in [1.165, 1.54) is 0 Å². The van der Waals surface area contributed by atoms with Crippen LogP contribution in [0.4, 0.5) is 11.4 Å². The summed E-state index contributed by atoms with van der Waals surface area (Å²) in [6.45, 7) is 9.48. The molecule has 5 heteroatoms. The van der Waals surface area contributed by atoms with Crippen molar-refractivity contribution in [2.75, 3.05) is 30.3 Å². The van der Waals surface area contributed by atoms with E-state index < -0.39 is 0 Å².